The summed E-state index contributed by atoms with van der Waals surface area (Å²) in [4.78, 5) is 18.0. The molecule has 0 unspecified atom stereocenters. The average Bonchev–Trinajstić information content (AvgIpc) is 2.01. The van der Waals surface area contributed by atoms with Crippen molar-refractivity contribution in [1.82, 2.24) is 9.97 Å². The Morgan fingerprint density at radius 3 is 3.00 bits per heavy atom. The third kappa shape index (κ3) is 2.39. The third-order valence-electron chi connectivity index (χ3n) is 1.09. The molecule has 0 aromatic carbocycles. The lowest BCUT2D eigenvalue weighted by Crippen LogP contribution is -2.06. The van der Waals surface area contributed by atoms with E-state index in [-0.39, 0.29) is 0 Å². The van der Waals surface area contributed by atoms with Gasteiger partial charge in [-0.3, -0.25) is 4.79 Å². The van der Waals surface area contributed by atoms with Crippen molar-refractivity contribution in [3.05, 3.63) is 23.8 Å². The van der Waals surface area contributed by atoms with Crippen molar-refractivity contribution in [3.63, 3.8) is 0 Å². The van der Waals surface area contributed by atoms with Crippen LogP contribution >= 0.6 is 0 Å². The molecule has 4 nitrogen and oxygen atoms in total. The van der Waals surface area contributed by atoms with Gasteiger partial charge < -0.3 is 5.73 Å². The number of aromatic nitrogens is 2. The highest BCUT2D eigenvalue weighted by atomic mass is 16.1. The predicted molar refractivity (Wildman–Crippen MR) is 42.8 cm³/mol. The lowest BCUT2D eigenvalue weighted by atomic mass is 10.4. The molecule has 0 spiro atoms. The van der Waals surface area contributed by atoms with Crippen LogP contribution in [0.2, 0.25) is 0 Å². The Kier molecular flexibility index (Phi) is 2.38. The van der Waals surface area contributed by atoms with E-state index in [0.717, 1.165) is 5.69 Å². The first-order chi connectivity index (χ1) is 5.68. The second kappa shape index (κ2) is 3.49. The molecular weight excluding hydrogens is 154 g/mol. The van der Waals surface area contributed by atoms with Gasteiger partial charge in [0.25, 0.3) is 5.91 Å². The minimum absolute atomic E-state index is 0.314. The van der Waals surface area contributed by atoms with Crippen LogP contribution in [0.15, 0.2) is 12.3 Å². The SMILES string of the molecule is Cc1ccnc(C#CC(N)=O)n1. The standard InChI is InChI=1S/C8H7N3O/c1-6-4-5-10-8(11-6)3-2-7(9)12/h4-5H,1H3,(H2,9,12). The summed E-state index contributed by atoms with van der Waals surface area (Å²) in [5.41, 5.74) is 5.61. The second-order valence-electron chi connectivity index (χ2n) is 2.14. The van der Waals surface area contributed by atoms with Crippen molar-refractivity contribution in [3.8, 4) is 11.8 Å². The van der Waals surface area contributed by atoms with E-state index in [4.69, 9.17) is 5.73 Å². The number of nitrogens with two attached hydrogens (primary N) is 1. The molecule has 1 rings (SSSR count). The van der Waals surface area contributed by atoms with Crippen LogP contribution in [0.1, 0.15) is 11.5 Å². The molecule has 0 fully saturated rings. The number of hydrogen-bond donors (Lipinski definition) is 1. The summed E-state index contributed by atoms with van der Waals surface area (Å²) in [6, 6.07) is 1.75. The quantitative estimate of drug-likeness (QED) is 0.527. The number of carbonyl (C=O) groups is 1. The summed E-state index contributed by atoms with van der Waals surface area (Å²) >= 11 is 0. The van der Waals surface area contributed by atoms with Gasteiger partial charge in [-0.2, -0.15) is 0 Å². The molecule has 0 bridgehead atoms. The molecule has 2 N–H and O–H groups in total. The number of nitrogens with zero attached hydrogens (tertiary/aromatic N) is 2. The Bertz CT molecular complexity index is 362. The number of carbonyl (C=O) groups excluding carboxylic acids is 1. The van der Waals surface area contributed by atoms with E-state index < -0.39 is 5.91 Å². The van der Waals surface area contributed by atoms with Gasteiger partial charge in [-0.15, -0.1) is 0 Å². The van der Waals surface area contributed by atoms with Crippen LogP contribution in [0.25, 0.3) is 0 Å². The van der Waals surface area contributed by atoms with Crippen LogP contribution in [0, 0.1) is 18.8 Å². The van der Waals surface area contributed by atoms with Crippen molar-refractivity contribution in [1.29, 1.82) is 0 Å². The summed E-state index contributed by atoms with van der Waals surface area (Å²) in [5.74, 6) is 4.22. The van der Waals surface area contributed by atoms with Gasteiger partial charge in [0.2, 0.25) is 5.82 Å². The van der Waals surface area contributed by atoms with Gasteiger partial charge in [-0.1, -0.05) is 0 Å². The Balaban J connectivity index is 2.92. The fraction of sp³-hybridized carbons (Fsp3) is 0.125. The smallest absolute Gasteiger partial charge is 0.293 e. The monoisotopic (exact) mass is 161 g/mol. The van der Waals surface area contributed by atoms with Gasteiger partial charge in [0.1, 0.15) is 0 Å². The predicted octanol–water partition coefficient (Wildman–Crippen LogP) is -0.378. The molecule has 0 atom stereocenters. The Labute approximate surface area is 69.8 Å². The molecule has 0 saturated carbocycles. The summed E-state index contributed by atoms with van der Waals surface area (Å²) in [7, 11) is 0. The first kappa shape index (κ1) is 8.21. The van der Waals surface area contributed by atoms with Crippen LogP contribution in [0.3, 0.4) is 0 Å². The van der Waals surface area contributed by atoms with E-state index in [9.17, 15) is 4.79 Å². The van der Waals surface area contributed by atoms with Crippen molar-refractivity contribution in [2.75, 3.05) is 0 Å². The minimum atomic E-state index is -0.680. The van der Waals surface area contributed by atoms with Crippen LogP contribution in [-0.4, -0.2) is 15.9 Å². The van der Waals surface area contributed by atoms with E-state index in [0.29, 0.717) is 5.82 Å². The molecule has 0 aliphatic heterocycles. The second-order valence-corrected chi connectivity index (χ2v) is 2.14. The summed E-state index contributed by atoms with van der Waals surface area (Å²) in [6.07, 6.45) is 1.58. The number of hydrogen-bond acceptors (Lipinski definition) is 3. The summed E-state index contributed by atoms with van der Waals surface area (Å²) in [5, 5.41) is 0. The van der Waals surface area contributed by atoms with E-state index in [1.54, 1.807) is 12.3 Å². The number of primary amides is 1. The molecule has 1 aromatic rings. The maximum atomic E-state index is 10.3. The summed E-state index contributed by atoms with van der Waals surface area (Å²) in [6.45, 7) is 1.82. The zero-order chi connectivity index (χ0) is 8.97. The first-order valence-corrected chi connectivity index (χ1v) is 3.29. The van der Waals surface area contributed by atoms with Gasteiger partial charge in [-0.25, -0.2) is 9.97 Å². The van der Waals surface area contributed by atoms with Crippen LogP contribution in [0.4, 0.5) is 0 Å². The van der Waals surface area contributed by atoms with E-state index >= 15 is 0 Å². The van der Waals surface area contributed by atoms with E-state index in [1.807, 2.05) is 6.92 Å². The van der Waals surface area contributed by atoms with Gasteiger partial charge in [-0.05, 0) is 18.9 Å². The molecule has 1 heterocycles. The third-order valence-corrected chi connectivity index (χ3v) is 1.09. The largest absolute Gasteiger partial charge is 0.359 e. The molecule has 1 aromatic heterocycles. The molecule has 0 aliphatic rings. The zero-order valence-corrected chi connectivity index (χ0v) is 6.53. The summed E-state index contributed by atoms with van der Waals surface area (Å²) < 4.78 is 0. The fourth-order valence-electron chi connectivity index (χ4n) is 0.627. The van der Waals surface area contributed by atoms with Crippen molar-refractivity contribution >= 4 is 5.91 Å². The lowest BCUT2D eigenvalue weighted by Gasteiger charge is -1.89. The van der Waals surface area contributed by atoms with Gasteiger partial charge in [0.05, 0.1) is 0 Å². The fourth-order valence-corrected chi connectivity index (χ4v) is 0.627. The highest BCUT2D eigenvalue weighted by Crippen LogP contribution is 1.90. The van der Waals surface area contributed by atoms with Gasteiger partial charge in [0.15, 0.2) is 0 Å². The zero-order valence-electron chi connectivity index (χ0n) is 6.53. The van der Waals surface area contributed by atoms with E-state index in [2.05, 4.69) is 21.8 Å². The Morgan fingerprint density at radius 2 is 2.42 bits per heavy atom. The molecule has 0 saturated heterocycles. The van der Waals surface area contributed by atoms with Gasteiger partial charge >= 0.3 is 0 Å². The molecule has 0 radical (unpaired) electrons. The minimum Gasteiger partial charge on any atom is -0.359 e. The molecule has 12 heavy (non-hydrogen) atoms. The highest BCUT2D eigenvalue weighted by Gasteiger charge is 1.90. The van der Waals surface area contributed by atoms with Crippen molar-refractivity contribution in [2.45, 2.75) is 6.92 Å². The topological polar surface area (TPSA) is 68.9 Å². The van der Waals surface area contributed by atoms with Crippen LogP contribution < -0.4 is 5.73 Å². The molecular formula is C8H7N3O. The first-order valence-electron chi connectivity index (χ1n) is 3.29. The van der Waals surface area contributed by atoms with Gasteiger partial charge in [0, 0.05) is 17.8 Å². The number of rotatable bonds is 0. The number of amides is 1. The highest BCUT2D eigenvalue weighted by molar-refractivity contribution is 5.92. The van der Waals surface area contributed by atoms with Crippen molar-refractivity contribution in [2.24, 2.45) is 5.73 Å². The molecule has 4 heteroatoms. The maximum absolute atomic E-state index is 10.3. The Hall–Kier alpha value is -1.89. The number of aryl methyl sites for hydroxylation is 1. The van der Waals surface area contributed by atoms with Crippen molar-refractivity contribution < 1.29 is 4.79 Å². The average molecular weight is 161 g/mol. The van der Waals surface area contributed by atoms with Crippen LogP contribution in [-0.2, 0) is 4.79 Å². The normalized spacial score (nSPS) is 8.42. The van der Waals surface area contributed by atoms with E-state index in [1.165, 1.54) is 0 Å². The Morgan fingerprint density at radius 1 is 1.67 bits per heavy atom. The molecule has 0 aliphatic carbocycles. The van der Waals surface area contributed by atoms with Crippen LogP contribution in [0.5, 0.6) is 0 Å². The molecule has 1 amide bonds. The lowest BCUT2D eigenvalue weighted by molar-refractivity contribution is -0.112. The molecule has 60 valence electrons. The maximum Gasteiger partial charge on any atom is 0.293 e.